The molecule has 2 amide bonds. The fraction of sp³-hybridized carbons (Fsp3) is 0.310. The maximum Gasteiger partial charge on any atom is 0.416 e. The predicted molar refractivity (Wildman–Crippen MR) is 148 cm³/mol. The lowest BCUT2D eigenvalue weighted by molar-refractivity contribution is -0.140. The van der Waals surface area contributed by atoms with Gasteiger partial charge < -0.3 is 10.2 Å². The first-order chi connectivity index (χ1) is 18.8. The van der Waals surface area contributed by atoms with Gasteiger partial charge in [-0.15, -0.1) is 0 Å². The second kappa shape index (κ2) is 13.0. The number of benzene rings is 3. The molecule has 0 saturated heterocycles. The standard InChI is InChI=1S/C29H32F3N3O4S/c1-4-33-28(37)26(17-22-9-6-5-7-10-22)34(19-23-15-13-21(2)14-16-23)27(36)20-35(40(3,38)39)25-12-8-11-24(18-25)29(30,31)32/h5-16,18,26H,4,17,19-20H2,1-3H3,(H,33,37)/t26-/m1/s1. The van der Waals surface area contributed by atoms with Gasteiger partial charge >= 0.3 is 6.18 Å². The van der Waals surface area contributed by atoms with Crippen molar-refractivity contribution >= 4 is 27.5 Å². The van der Waals surface area contributed by atoms with Gasteiger partial charge in [0.2, 0.25) is 21.8 Å². The van der Waals surface area contributed by atoms with E-state index in [2.05, 4.69) is 5.32 Å². The summed E-state index contributed by atoms with van der Waals surface area (Å²) < 4.78 is 66.2. The van der Waals surface area contributed by atoms with Gasteiger partial charge in [0.05, 0.1) is 17.5 Å². The zero-order valence-electron chi connectivity index (χ0n) is 22.5. The molecule has 0 aliphatic carbocycles. The number of aryl methyl sites for hydroxylation is 1. The summed E-state index contributed by atoms with van der Waals surface area (Å²) in [5, 5.41) is 2.75. The number of alkyl halides is 3. The van der Waals surface area contributed by atoms with Gasteiger partial charge in [-0.1, -0.05) is 66.2 Å². The summed E-state index contributed by atoms with van der Waals surface area (Å²) >= 11 is 0. The van der Waals surface area contributed by atoms with Crippen LogP contribution in [0, 0.1) is 6.92 Å². The maximum atomic E-state index is 13.9. The first-order valence-electron chi connectivity index (χ1n) is 12.6. The number of likely N-dealkylation sites (N-methyl/N-ethyl adjacent to an activating group) is 1. The molecule has 0 aromatic heterocycles. The van der Waals surface area contributed by atoms with Crippen molar-refractivity contribution in [1.82, 2.24) is 10.2 Å². The lowest BCUT2D eigenvalue weighted by Crippen LogP contribution is -2.53. The second-order valence-electron chi connectivity index (χ2n) is 9.43. The van der Waals surface area contributed by atoms with Gasteiger partial charge in [-0.05, 0) is 43.2 Å². The molecule has 3 rings (SSSR count). The maximum absolute atomic E-state index is 13.9. The summed E-state index contributed by atoms with van der Waals surface area (Å²) in [5.41, 5.74) is 1.11. The van der Waals surface area contributed by atoms with E-state index in [0.29, 0.717) is 22.5 Å². The van der Waals surface area contributed by atoms with E-state index in [9.17, 15) is 31.2 Å². The van der Waals surface area contributed by atoms with E-state index in [4.69, 9.17) is 0 Å². The molecule has 3 aromatic rings. The number of amides is 2. The van der Waals surface area contributed by atoms with E-state index in [1.54, 1.807) is 31.2 Å². The van der Waals surface area contributed by atoms with Crippen LogP contribution in [0.1, 0.15) is 29.2 Å². The van der Waals surface area contributed by atoms with Crippen LogP contribution in [0.15, 0.2) is 78.9 Å². The summed E-state index contributed by atoms with van der Waals surface area (Å²) in [6, 6.07) is 19.1. The zero-order chi connectivity index (χ0) is 29.5. The van der Waals surface area contributed by atoms with E-state index < -0.39 is 46.2 Å². The molecule has 0 fully saturated rings. The number of sulfonamides is 1. The number of hydrogen-bond acceptors (Lipinski definition) is 4. The van der Waals surface area contributed by atoms with Crippen molar-refractivity contribution in [2.45, 2.75) is 39.0 Å². The van der Waals surface area contributed by atoms with Gasteiger partial charge in [0.15, 0.2) is 0 Å². The fourth-order valence-electron chi connectivity index (χ4n) is 4.19. The zero-order valence-corrected chi connectivity index (χ0v) is 23.3. The molecule has 0 saturated carbocycles. The minimum Gasteiger partial charge on any atom is -0.355 e. The number of anilines is 1. The van der Waals surface area contributed by atoms with E-state index in [0.717, 1.165) is 29.5 Å². The Labute approximate surface area is 232 Å². The van der Waals surface area contributed by atoms with Gasteiger partial charge in [-0.25, -0.2) is 8.42 Å². The fourth-order valence-corrected chi connectivity index (χ4v) is 5.03. The molecule has 0 radical (unpaired) electrons. The molecule has 214 valence electrons. The molecule has 0 aliphatic rings. The normalized spacial score (nSPS) is 12.4. The summed E-state index contributed by atoms with van der Waals surface area (Å²) in [4.78, 5) is 28.5. The molecule has 3 aromatic carbocycles. The third kappa shape index (κ3) is 8.32. The first-order valence-corrected chi connectivity index (χ1v) is 14.5. The molecule has 0 bridgehead atoms. The van der Waals surface area contributed by atoms with Gasteiger partial charge in [0.1, 0.15) is 12.6 Å². The SMILES string of the molecule is CCNC(=O)[C@@H](Cc1ccccc1)N(Cc1ccc(C)cc1)C(=O)CN(c1cccc(C(F)(F)F)c1)S(C)(=O)=O. The molecule has 0 unspecified atom stereocenters. The summed E-state index contributed by atoms with van der Waals surface area (Å²) in [5.74, 6) is -1.17. The average Bonchev–Trinajstić information content (AvgIpc) is 2.90. The number of rotatable bonds is 11. The van der Waals surface area contributed by atoms with Crippen molar-refractivity contribution in [3.05, 3.63) is 101 Å². The number of hydrogen-bond donors (Lipinski definition) is 1. The molecule has 7 nitrogen and oxygen atoms in total. The van der Waals surface area contributed by atoms with Crippen LogP contribution in [0.2, 0.25) is 0 Å². The Balaban J connectivity index is 2.06. The Morgan fingerprint density at radius 3 is 2.15 bits per heavy atom. The third-order valence-electron chi connectivity index (χ3n) is 6.24. The minimum absolute atomic E-state index is 0.0199. The van der Waals surface area contributed by atoms with Crippen LogP contribution in [-0.4, -0.2) is 50.5 Å². The van der Waals surface area contributed by atoms with Crippen LogP contribution < -0.4 is 9.62 Å². The molecule has 1 atom stereocenters. The second-order valence-corrected chi connectivity index (χ2v) is 11.3. The lowest BCUT2D eigenvalue weighted by atomic mass is 10.0. The molecule has 0 heterocycles. The smallest absolute Gasteiger partial charge is 0.355 e. The first kappa shape index (κ1) is 30.7. The van der Waals surface area contributed by atoms with Crippen molar-refractivity contribution in [2.24, 2.45) is 0 Å². The Morgan fingerprint density at radius 1 is 0.925 bits per heavy atom. The number of carbonyl (C=O) groups excluding carboxylic acids is 2. The number of carbonyl (C=O) groups is 2. The minimum atomic E-state index is -4.71. The number of nitrogens with one attached hydrogen (secondary N) is 1. The highest BCUT2D eigenvalue weighted by Gasteiger charge is 2.34. The number of halogens is 3. The van der Waals surface area contributed by atoms with Crippen molar-refractivity contribution in [1.29, 1.82) is 0 Å². The van der Waals surface area contributed by atoms with E-state index in [-0.39, 0.29) is 18.7 Å². The summed E-state index contributed by atoms with van der Waals surface area (Å²) in [6.07, 6.45) is -3.75. The van der Waals surface area contributed by atoms with Crippen LogP contribution in [0.5, 0.6) is 0 Å². The molecular weight excluding hydrogens is 543 g/mol. The average molecular weight is 576 g/mol. The number of nitrogens with zero attached hydrogens (tertiary/aromatic N) is 2. The van der Waals surface area contributed by atoms with Gasteiger partial charge in [-0.2, -0.15) is 13.2 Å². The molecule has 1 N–H and O–H groups in total. The highest BCUT2D eigenvalue weighted by Crippen LogP contribution is 2.32. The van der Waals surface area contributed by atoms with E-state index >= 15 is 0 Å². The molecule has 40 heavy (non-hydrogen) atoms. The molecule has 0 spiro atoms. The van der Waals surface area contributed by atoms with Crippen molar-refractivity contribution in [3.63, 3.8) is 0 Å². The van der Waals surface area contributed by atoms with Crippen molar-refractivity contribution in [2.75, 3.05) is 23.7 Å². The summed E-state index contributed by atoms with van der Waals surface area (Å²) in [6.45, 7) is 3.13. The van der Waals surface area contributed by atoms with Crippen LogP contribution in [-0.2, 0) is 38.8 Å². The van der Waals surface area contributed by atoms with Crippen LogP contribution in [0.4, 0.5) is 18.9 Å². The largest absolute Gasteiger partial charge is 0.416 e. The third-order valence-corrected chi connectivity index (χ3v) is 7.38. The Kier molecular flexibility index (Phi) is 9.97. The van der Waals surface area contributed by atoms with Gasteiger partial charge in [-0.3, -0.25) is 13.9 Å². The molecular formula is C29H32F3N3O4S. The monoisotopic (exact) mass is 575 g/mol. The van der Waals surface area contributed by atoms with Gasteiger partial charge in [0.25, 0.3) is 0 Å². The Morgan fingerprint density at radius 2 is 1.57 bits per heavy atom. The Bertz CT molecular complexity index is 1410. The van der Waals surface area contributed by atoms with Crippen molar-refractivity contribution in [3.8, 4) is 0 Å². The lowest BCUT2D eigenvalue weighted by Gasteiger charge is -2.33. The van der Waals surface area contributed by atoms with E-state index in [1.165, 1.54) is 11.0 Å². The van der Waals surface area contributed by atoms with Gasteiger partial charge in [0, 0.05) is 19.5 Å². The molecule has 0 aliphatic heterocycles. The van der Waals surface area contributed by atoms with Crippen LogP contribution >= 0.6 is 0 Å². The topological polar surface area (TPSA) is 86.8 Å². The highest BCUT2D eigenvalue weighted by atomic mass is 32.2. The highest BCUT2D eigenvalue weighted by molar-refractivity contribution is 7.92. The predicted octanol–water partition coefficient (Wildman–Crippen LogP) is 4.56. The van der Waals surface area contributed by atoms with E-state index in [1.807, 2.05) is 37.3 Å². The van der Waals surface area contributed by atoms with Crippen molar-refractivity contribution < 1.29 is 31.2 Å². The summed E-state index contributed by atoms with van der Waals surface area (Å²) in [7, 11) is -4.18. The van der Waals surface area contributed by atoms with Crippen LogP contribution in [0.25, 0.3) is 0 Å². The Hall–Kier alpha value is -3.86. The quantitative estimate of drug-likeness (QED) is 0.363. The van der Waals surface area contributed by atoms with Crippen LogP contribution in [0.3, 0.4) is 0 Å². The molecule has 11 heteroatoms.